The summed E-state index contributed by atoms with van der Waals surface area (Å²) in [4.78, 5) is 2.24. The molecule has 0 spiro atoms. The lowest BCUT2D eigenvalue weighted by Gasteiger charge is -2.28. The molecule has 4 nitrogen and oxygen atoms in total. The van der Waals surface area contributed by atoms with Crippen LogP contribution in [0.25, 0.3) is 0 Å². The van der Waals surface area contributed by atoms with Crippen molar-refractivity contribution in [2.75, 3.05) is 13.6 Å². The summed E-state index contributed by atoms with van der Waals surface area (Å²) in [5, 5.41) is 11.5. The van der Waals surface area contributed by atoms with Crippen molar-refractivity contribution >= 4 is 5.84 Å². The van der Waals surface area contributed by atoms with Gasteiger partial charge in [-0.2, -0.15) is 0 Å². The number of nitrogens with zero attached hydrogens (tertiary/aromatic N) is 2. The fourth-order valence-electron chi connectivity index (χ4n) is 1.23. The molecule has 3 N–H and O–H groups in total. The second-order valence-corrected chi connectivity index (χ2v) is 5.44. The van der Waals surface area contributed by atoms with E-state index in [1.54, 1.807) is 0 Å². The summed E-state index contributed by atoms with van der Waals surface area (Å²) in [6.45, 7) is 9.81. The van der Waals surface area contributed by atoms with E-state index in [9.17, 15) is 0 Å². The molecule has 0 aliphatic carbocycles. The van der Waals surface area contributed by atoms with Crippen molar-refractivity contribution in [1.82, 2.24) is 4.90 Å². The van der Waals surface area contributed by atoms with Crippen LogP contribution in [-0.4, -0.2) is 35.6 Å². The summed E-state index contributed by atoms with van der Waals surface area (Å²) < 4.78 is 0. The van der Waals surface area contributed by atoms with Crippen LogP contribution in [0.3, 0.4) is 0 Å². The molecule has 0 rings (SSSR count). The summed E-state index contributed by atoms with van der Waals surface area (Å²) in [7, 11) is 2.07. The van der Waals surface area contributed by atoms with Crippen LogP contribution in [0.4, 0.5) is 0 Å². The van der Waals surface area contributed by atoms with Gasteiger partial charge in [-0.25, -0.2) is 0 Å². The fourth-order valence-corrected chi connectivity index (χ4v) is 1.23. The number of hydrogen-bond donors (Lipinski definition) is 2. The first-order valence-electron chi connectivity index (χ1n) is 5.43. The van der Waals surface area contributed by atoms with Crippen LogP contribution in [-0.2, 0) is 0 Å². The van der Waals surface area contributed by atoms with E-state index in [-0.39, 0.29) is 0 Å². The lowest BCUT2D eigenvalue weighted by Crippen LogP contribution is -2.35. The van der Waals surface area contributed by atoms with E-state index in [1.165, 1.54) is 0 Å². The first kappa shape index (κ1) is 14.2. The molecule has 1 atom stereocenters. The van der Waals surface area contributed by atoms with Crippen LogP contribution in [0.2, 0.25) is 0 Å². The average molecular weight is 215 g/mol. The molecule has 0 fully saturated rings. The Hall–Kier alpha value is -0.770. The standard InChI is InChI=1S/C11H25N3O/c1-9(8-10(12)13-15)14(5)7-6-11(2,3)4/h9,15H,6-8H2,1-5H3,(H2,12,13). The van der Waals surface area contributed by atoms with Crippen LogP contribution in [0, 0.1) is 5.41 Å². The number of hydrogen-bond acceptors (Lipinski definition) is 3. The number of amidine groups is 1. The maximum absolute atomic E-state index is 8.47. The third kappa shape index (κ3) is 7.19. The van der Waals surface area contributed by atoms with Crippen LogP contribution >= 0.6 is 0 Å². The highest BCUT2D eigenvalue weighted by Gasteiger charge is 2.15. The predicted molar refractivity (Wildman–Crippen MR) is 64.2 cm³/mol. The smallest absolute Gasteiger partial charge is 0.140 e. The minimum Gasteiger partial charge on any atom is -0.409 e. The van der Waals surface area contributed by atoms with Crippen molar-refractivity contribution in [2.45, 2.75) is 46.6 Å². The Labute approximate surface area is 93.1 Å². The van der Waals surface area contributed by atoms with E-state index in [2.05, 4.69) is 44.8 Å². The molecular formula is C11H25N3O. The Morgan fingerprint density at radius 2 is 2.00 bits per heavy atom. The number of nitrogens with two attached hydrogens (primary N) is 1. The zero-order valence-electron chi connectivity index (χ0n) is 10.6. The second kappa shape index (κ2) is 5.95. The van der Waals surface area contributed by atoms with Gasteiger partial charge in [-0.05, 0) is 32.4 Å². The maximum atomic E-state index is 8.47. The number of rotatable bonds is 5. The molecule has 0 bridgehead atoms. The monoisotopic (exact) mass is 215 g/mol. The number of oxime groups is 1. The van der Waals surface area contributed by atoms with E-state index >= 15 is 0 Å². The maximum Gasteiger partial charge on any atom is 0.140 e. The Kier molecular flexibility index (Phi) is 5.65. The molecular weight excluding hydrogens is 190 g/mol. The van der Waals surface area contributed by atoms with Crippen LogP contribution in [0.5, 0.6) is 0 Å². The normalized spacial score (nSPS) is 15.7. The molecule has 15 heavy (non-hydrogen) atoms. The lowest BCUT2D eigenvalue weighted by atomic mass is 9.92. The van der Waals surface area contributed by atoms with Crippen molar-refractivity contribution in [2.24, 2.45) is 16.3 Å². The lowest BCUT2D eigenvalue weighted by molar-refractivity contribution is 0.218. The van der Waals surface area contributed by atoms with E-state index < -0.39 is 0 Å². The Balaban J connectivity index is 3.94. The van der Waals surface area contributed by atoms with Gasteiger partial charge in [0.2, 0.25) is 0 Å². The topological polar surface area (TPSA) is 61.9 Å². The van der Waals surface area contributed by atoms with Gasteiger partial charge in [0.05, 0.1) is 0 Å². The SMILES string of the molecule is CC(CC(N)=NO)N(C)CCC(C)(C)C. The van der Waals surface area contributed by atoms with Crippen LogP contribution < -0.4 is 5.73 Å². The summed E-state index contributed by atoms with van der Waals surface area (Å²) >= 11 is 0. The molecule has 1 unspecified atom stereocenters. The highest BCUT2D eigenvalue weighted by Crippen LogP contribution is 2.19. The molecule has 0 aliphatic rings. The molecule has 90 valence electrons. The molecule has 0 heterocycles. The van der Waals surface area contributed by atoms with Crippen molar-refractivity contribution in [3.05, 3.63) is 0 Å². The molecule has 0 saturated carbocycles. The van der Waals surface area contributed by atoms with Crippen molar-refractivity contribution < 1.29 is 5.21 Å². The van der Waals surface area contributed by atoms with Gasteiger partial charge in [-0.3, -0.25) is 0 Å². The van der Waals surface area contributed by atoms with Crippen molar-refractivity contribution in [3.8, 4) is 0 Å². The summed E-state index contributed by atoms with van der Waals surface area (Å²) in [6.07, 6.45) is 1.75. The molecule has 0 amide bonds. The average Bonchev–Trinajstić information content (AvgIpc) is 2.12. The summed E-state index contributed by atoms with van der Waals surface area (Å²) in [5.74, 6) is 0.296. The minimum atomic E-state index is 0.296. The highest BCUT2D eigenvalue weighted by atomic mass is 16.4. The molecule has 4 heteroatoms. The van der Waals surface area contributed by atoms with Gasteiger partial charge >= 0.3 is 0 Å². The molecule has 0 aromatic carbocycles. The second-order valence-electron chi connectivity index (χ2n) is 5.44. The first-order chi connectivity index (χ1) is 6.76. The van der Waals surface area contributed by atoms with E-state index in [0.29, 0.717) is 23.7 Å². The molecule has 0 aromatic heterocycles. The molecule has 0 aromatic rings. The minimum absolute atomic E-state index is 0.296. The van der Waals surface area contributed by atoms with Gasteiger partial charge < -0.3 is 15.8 Å². The van der Waals surface area contributed by atoms with E-state index in [1.807, 2.05) is 0 Å². The van der Waals surface area contributed by atoms with Gasteiger partial charge in [-0.1, -0.05) is 25.9 Å². The van der Waals surface area contributed by atoms with Gasteiger partial charge in [-0.15, -0.1) is 0 Å². The highest BCUT2D eigenvalue weighted by molar-refractivity contribution is 5.80. The van der Waals surface area contributed by atoms with Gasteiger partial charge in [0.15, 0.2) is 0 Å². The van der Waals surface area contributed by atoms with E-state index in [4.69, 9.17) is 10.9 Å². The quantitative estimate of drug-likeness (QED) is 0.318. The summed E-state index contributed by atoms with van der Waals surface area (Å²) in [6, 6.07) is 0.309. The van der Waals surface area contributed by atoms with Crippen LogP contribution in [0.1, 0.15) is 40.5 Å². The first-order valence-corrected chi connectivity index (χ1v) is 5.43. The zero-order chi connectivity index (χ0) is 12.1. The third-order valence-electron chi connectivity index (χ3n) is 2.60. The fraction of sp³-hybridized carbons (Fsp3) is 0.909. The zero-order valence-corrected chi connectivity index (χ0v) is 10.6. The molecule has 0 aliphatic heterocycles. The van der Waals surface area contributed by atoms with Crippen molar-refractivity contribution in [3.63, 3.8) is 0 Å². The Bertz CT molecular complexity index is 208. The molecule has 0 radical (unpaired) electrons. The Morgan fingerprint density at radius 3 is 2.40 bits per heavy atom. The Morgan fingerprint density at radius 1 is 1.47 bits per heavy atom. The summed E-state index contributed by atoms with van der Waals surface area (Å²) in [5.41, 5.74) is 5.82. The van der Waals surface area contributed by atoms with E-state index in [0.717, 1.165) is 13.0 Å². The third-order valence-corrected chi connectivity index (χ3v) is 2.60. The van der Waals surface area contributed by atoms with Gasteiger partial charge in [0.1, 0.15) is 5.84 Å². The van der Waals surface area contributed by atoms with Crippen LogP contribution in [0.15, 0.2) is 5.16 Å². The van der Waals surface area contributed by atoms with Crippen molar-refractivity contribution in [1.29, 1.82) is 0 Å². The largest absolute Gasteiger partial charge is 0.409 e. The van der Waals surface area contributed by atoms with Gasteiger partial charge in [0.25, 0.3) is 0 Å². The van der Waals surface area contributed by atoms with Gasteiger partial charge in [0, 0.05) is 12.5 Å². The molecule has 0 saturated heterocycles. The predicted octanol–water partition coefficient (Wildman–Crippen LogP) is 1.88.